The summed E-state index contributed by atoms with van der Waals surface area (Å²) in [6.07, 6.45) is 2.38. The summed E-state index contributed by atoms with van der Waals surface area (Å²) in [5, 5.41) is 14.3. The predicted octanol–water partition coefficient (Wildman–Crippen LogP) is 2.02. The van der Waals surface area contributed by atoms with Gasteiger partial charge in [0.1, 0.15) is 0 Å². The molecular formula is C14H21N3O3. The molecule has 3 N–H and O–H groups in total. The molecule has 0 atom stereocenters. The van der Waals surface area contributed by atoms with E-state index in [1.165, 1.54) is 18.3 Å². The number of aromatic nitrogens is 1. The Labute approximate surface area is 118 Å². The smallest absolute Gasteiger partial charge is 0.335 e. The summed E-state index contributed by atoms with van der Waals surface area (Å²) < 4.78 is 0. The normalized spacial score (nSPS) is 10.9. The van der Waals surface area contributed by atoms with Crippen LogP contribution in [0.5, 0.6) is 0 Å². The molecule has 0 saturated carbocycles. The molecule has 0 aliphatic carbocycles. The lowest BCUT2D eigenvalue weighted by Crippen LogP contribution is -2.40. The zero-order chi connectivity index (χ0) is 15.2. The second-order valence-corrected chi connectivity index (χ2v) is 5.40. The average molecular weight is 279 g/mol. The van der Waals surface area contributed by atoms with E-state index in [1.807, 2.05) is 0 Å². The van der Waals surface area contributed by atoms with Gasteiger partial charge in [-0.05, 0) is 24.0 Å². The molecule has 0 bridgehead atoms. The maximum absolute atomic E-state index is 11.6. The van der Waals surface area contributed by atoms with Gasteiger partial charge in [0.2, 0.25) is 0 Å². The van der Waals surface area contributed by atoms with E-state index in [9.17, 15) is 9.59 Å². The molecule has 6 nitrogen and oxygen atoms in total. The van der Waals surface area contributed by atoms with Crippen LogP contribution in [0.15, 0.2) is 18.3 Å². The van der Waals surface area contributed by atoms with Crippen LogP contribution in [0.25, 0.3) is 0 Å². The number of pyridine rings is 1. The van der Waals surface area contributed by atoms with Crippen molar-refractivity contribution in [1.29, 1.82) is 0 Å². The van der Waals surface area contributed by atoms with Crippen LogP contribution in [0.4, 0.5) is 4.79 Å². The molecule has 6 heteroatoms. The average Bonchev–Trinajstić information content (AvgIpc) is 2.43. The maximum atomic E-state index is 11.6. The lowest BCUT2D eigenvalue weighted by Gasteiger charge is -2.22. The highest BCUT2D eigenvalue weighted by molar-refractivity contribution is 5.87. The third-order valence-electron chi connectivity index (χ3n) is 3.18. The van der Waals surface area contributed by atoms with Crippen molar-refractivity contribution in [2.75, 3.05) is 6.54 Å². The van der Waals surface area contributed by atoms with Crippen LogP contribution in [0.3, 0.4) is 0 Å². The molecule has 0 radical (unpaired) electrons. The number of carbonyl (C=O) groups is 2. The fourth-order valence-corrected chi connectivity index (χ4v) is 1.39. The Morgan fingerprint density at radius 1 is 1.35 bits per heavy atom. The molecule has 1 aromatic heterocycles. The van der Waals surface area contributed by atoms with Crippen molar-refractivity contribution >= 4 is 12.0 Å². The number of carboxylic acid groups (broad SMARTS) is 1. The quantitative estimate of drug-likeness (QED) is 0.743. The minimum atomic E-state index is -1.01. The summed E-state index contributed by atoms with van der Waals surface area (Å²) >= 11 is 0. The zero-order valence-corrected chi connectivity index (χ0v) is 12.1. The van der Waals surface area contributed by atoms with Crippen molar-refractivity contribution < 1.29 is 14.7 Å². The van der Waals surface area contributed by atoms with Crippen molar-refractivity contribution in [3.8, 4) is 0 Å². The number of carbonyl (C=O) groups excluding carboxylic acids is 1. The number of hydrogen-bond donors (Lipinski definition) is 3. The van der Waals surface area contributed by atoms with Gasteiger partial charge in [0, 0.05) is 12.7 Å². The number of nitrogens with zero attached hydrogens (tertiary/aromatic N) is 1. The first-order valence-corrected chi connectivity index (χ1v) is 6.54. The van der Waals surface area contributed by atoms with E-state index in [0.29, 0.717) is 12.2 Å². The minimum absolute atomic E-state index is 0.0544. The molecule has 1 rings (SSSR count). The summed E-state index contributed by atoms with van der Waals surface area (Å²) in [6, 6.07) is 2.57. The van der Waals surface area contributed by atoms with Crippen molar-refractivity contribution in [1.82, 2.24) is 15.6 Å². The largest absolute Gasteiger partial charge is 0.478 e. The molecular weight excluding hydrogens is 258 g/mol. The van der Waals surface area contributed by atoms with Crippen molar-refractivity contribution in [3.63, 3.8) is 0 Å². The van der Waals surface area contributed by atoms with E-state index in [1.54, 1.807) is 0 Å². The van der Waals surface area contributed by atoms with Crippen LogP contribution in [0, 0.1) is 5.41 Å². The number of hydrogen-bond acceptors (Lipinski definition) is 3. The summed E-state index contributed by atoms with van der Waals surface area (Å²) in [5.74, 6) is -1.01. The van der Waals surface area contributed by atoms with Crippen molar-refractivity contribution in [2.45, 2.75) is 33.7 Å². The standard InChI is InChI=1S/C14H21N3O3/c1-4-14(2,3)9-17-13(20)16-8-11-7-10(12(18)19)5-6-15-11/h5-7H,4,8-9H2,1-3H3,(H,18,19)(H2,16,17,20). The first-order valence-electron chi connectivity index (χ1n) is 6.54. The van der Waals surface area contributed by atoms with Crippen LogP contribution < -0.4 is 10.6 Å². The van der Waals surface area contributed by atoms with Gasteiger partial charge in [-0.1, -0.05) is 20.8 Å². The van der Waals surface area contributed by atoms with Gasteiger partial charge in [0.05, 0.1) is 17.8 Å². The van der Waals surface area contributed by atoms with E-state index in [2.05, 4.69) is 36.4 Å². The molecule has 0 unspecified atom stereocenters. The Balaban J connectivity index is 2.45. The van der Waals surface area contributed by atoms with E-state index < -0.39 is 5.97 Å². The molecule has 0 saturated heterocycles. The van der Waals surface area contributed by atoms with Gasteiger partial charge in [0.25, 0.3) is 0 Å². The lowest BCUT2D eigenvalue weighted by molar-refractivity contribution is 0.0696. The monoisotopic (exact) mass is 279 g/mol. The first-order chi connectivity index (χ1) is 9.34. The van der Waals surface area contributed by atoms with Crippen molar-refractivity contribution in [3.05, 3.63) is 29.6 Å². The van der Waals surface area contributed by atoms with Gasteiger partial charge in [-0.2, -0.15) is 0 Å². The predicted molar refractivity (Wildman–Crippen MR) is 75.5 cm³/mol. The lowest BCUT2D eigenvalue weighted by atomic mass is 9.90. The van der Waals surface area contributed by atoms with Crippen LogP contribution in [0.1, 0.15) is 43.2 Å². The summed E-state index contributed by atoms with van der Waals surface area (Å²) in [7, 11) is 0. The third kappa shape index (κ3) is 5.26. The van der Waals surface area contributed by atoms with E-state index >= 15 is 0 Å². The highest BCUT2D eigenvalue weighted by Crippen LogP contribution is 2.17. The fraction of sp³-hybridized carbons (Fsp3) is 0.500. The molecule has 20 heavy (non-hydrogen) atoms. The zero-order valence-electron chi connectivity index (χ0n) is 12.1. The molecule has 0 aliphatic heterocycles. The highest BCUT2D eigenvalue weighted by Gasteiger charge is 2.15. The summed E-state index contributed by atoms with van der Waals surface area (Å²) in [6.45, 7) is 6.99. The Morgan fingerprint density at radius 3 is 2.65 bits per heavy atom. The Morgan fingerprint density at radius 2 is 2.05 bits per heavy atom. The van der Waals surface area contributed by atoms with Gasteiger partial charge in [0.15, 0.2) is 0 Å². The van der Waals surface area contributed by atoms with E-state index in [4.69, 9.17) is 5.11 Å². The number of urea groups is 1. The second-order valence-electron chi connectivity index (χ2n) is 5.40. The number of aromatic carboxylic acids is 1. The summed E-state index contributed by atoms with van der Waals surface area (Å²) in [5.41, 5.74) is 0.720. The van der Waals surface area contributed by atoms with Gasteiger partial charge < -0.3 is 15.7 Å². The van der Waals surface area contributed by atoms with Gasteiger partial charge in [-0.25, -0.2) is 9.59 Å². The molecule has 0 aromatic carbocycles. The van der Waals surface area contributed by atoms with E-state index in [-0.39, 0.29) is 23.6 Å². The van der Waals surface area contributed by atoms with Crippen LogP contribution in [-0.4, -0.2) is 28.6 Å². The van der Waals surface area contributed by atoms with Gasteiger partial charge in [-0.15, -0.1) is 0 Å². The number of carboxylic acids is 1. The number of rotatable bonds is 6. The molecule has 1 heterocycles. The SMILES string of the molecule is CCC(C)(C)CNC(=O)NCc1cc(C(=O)O)ccn1. The molecule has 2 amide bonds. The van der Waals surface area contributed by atoms with Gasteiger partial charge in [-0.3, -0.25) is 4.98 Å². The number of nitrogens with one attached hydrogen (secondary N) is 2. The molecule has 0 spiro atoms. The topological polar surface area (TPSA) is 91.3 Å². The maximum Gasteiger partial charge on any atom is 0.335 e. The third-order valence-corrected chi connectivity index (χ3v) is 3.18. The van der Waals surface area contributed by atoms with Gasteiger partial charge >= 0.3 is 12.0 Å². The first kappa shape index (κ1) is 15.9. The second kappa shape index (κ2) is 6.88. The molecule has 1 aromatic rings. The Bertz CT molecular complexity index is 486. The van der Waals surface area contributed by atoms with Crippen LogP contribution >= 0.6 is 0 Å². The van der Waals surface area contributed by atoms with Crippen LogP contribution in [-0.2, 0) is 6.54 Å². The summed E-state index contributed by atoms with van der Waals surface area (Å²) in [4.78, 5) is 26.5. The Kier molecular flexibility index (Phi) is 5.49. The van der Waals surface area contributed by atoms with E-state index in [0.717, 1.165) is 6.42 Å². The number of amides is 2. The van der Waals surface area contributed by atoms with Crippen LogP contribution in [0.2, 0.25) is 0 Å². The van der Waals surface area contributed by atoms with Crippen molar-refractivity contribution in [2.24, 2.45) is 5.41 Å². The Hall–Kier alpha value is -2.11. The fourth-order valence-electron chi connectivity index (χ4n) is 1.39. The highest BCUT2D eigenvalue weighted by atomic mass is 16.4. The minimum Gasteiger partial charge on any atom is -0.478 e. The molecule has 0 aliphatic rings. The molecule has 110 valence electrons. The molecule has 0 fully saturated rings.